The average molecular weight is 360 g/mol. The summed E-state index contributed by atoms with van der Waals surface area (Å²) in [6.07, 6.45) is -0.110. The fraction of sp³-hybridized carbons (Fsp3) is 0.176. The minimum Gasteiger partial charge on any atom is -0.481 e. The first-order chi connectivity index (χ1) is 10.6. The number of nitrogens with zero attached hydrogens (tertiary/aromatic N) is 1. The Morgan fingerprint density at radius 1 is 1.18 bits per heavy atom. The molecule has 0 saturated heterocycles. The number of carboxylic acid groups (broad SMARTS) is 1. The van der Waals surface area contributed by atoms with E-state index in [1.54, 1.807) is 11.0 Å². The number of halogens is 1. The van der Waals surface area contributed by atoms with Crippen LogP contribution in [0.5, 0.6) is 0 Å². The fourth-order valence-corrected chi connectivity index (χ4v) is 3.05. The maximum absolute atomic E-state index is 12.6. The zero-order chi connectivity index (χ0) is 15.7. The number of fused-ring (bicyclic) bond motifs is 1. The van der Waals surface area contributed by atoms with Gasteiger partial charge in [0, 0.05) is 16.6 Å². The van der Waals surface area contributed by atoms with Crippen LogP contribution in [-0.2, 0) is 11.3 Å². The molecule has 2 aromatic carbocycles. The lowest BCUT2D eigenvalue weighted by molar-refractivity contribution is -0.138. The third-order valence-electron chi connectivity index (χ3n) is 3.85. The highest BCUT2D eigenvalue weighted by atomic mass is 79.9. The number of hydrogen-bond acceptors (Lipinski definition) is 2. The summed E-state index contributed by atoms with van der Waals surface area (Å²) in [6, 6.07) is 14.4. The molecule has 0 fully saturated rings. The Kier molecular flexibility index (Phi) is 3.98. The van der Waals surface area contributed by atoms with E-state index in [0.717, 1.165) is 15.6 Å². The van der Waals surface area contributed by atoms with Gasteiger partial charge >= 0.3 is 5.97 Å². The van der Waals surface area contributed by atoms with Crippen LogP contribution >= 0.6 is 15.9 Å². The zero-order valence-electron chi connectivity index (χ0n) is 11.7. The number of carboxylic acids is 1. The summed E-state index contributed by atoms with van der Waals surface area (Å²) in [5, 5.41) is 9.22. The van der Waals surface area contributed by atoms with Crippen molar-refractivity contribution in [2.45, 2.75) is 19.0 Å². The first-order valence-electron chi connectivity index (χ1n) is 6.92. The molecule has 1 amide bonds. The Morgan fingerprint density at radius 3 is 2.50 bits per heavy atom. The third kappa shape index (κ3) is 2.76. The van der Waals surface area contributed by atoms with Crippen molar-refractivity contribution in [2.75, 3.05) is 0 Å². The number of aliphatic carboxylic acids is 1. The highest BCUT2D eigenvalue weighted by Crippen LogP contribution is 2.33. The molecular weight excluding hydrogens is 346 g/mol. The largest absolute Gasteiger partial charge is 0.481 e. The summed E-state index contributed by atoms with van der Waals surface area (Å²) in [7, 11) is 0. The van der Waals surface area contributed by atoms with Crippen LogP contribution in [0.1, 0.15) is 33.9 Å². The number of hydrogen-bond donors (Lipinski definition) is 1. The van der Waals surface area contributed by atoms with Crippen LogP contribution in [0.4, 0.5) is 0 Å². The summed E-state index contributed by atoms with van der Waals surface area (Å²) in [5.74, 6) is -1.03. The number of amides is 1. The molecule has 0 aromatic heterocycles. The molecule has 1 aliphatic rings. The smallest absolute Gasteiger partial charge is 0.305 e. The van der Waals surface area contributed by atoms with Gasteiger partial charge in [-0.25, -0.2) is 0 Å². The van der Waals surface area contributed by atoms with E-state index in [1.165, 1.54) is 0 Å². The molecule has 0 unspecified atom stereocenters. The highest BCUT2D eigenvalue weighted by Gasteiger charge is 2.34. The van der Waals surface area contributed by atoms with E-state index in [4.69, 9.17) is 0 Å². The van der Waals surface area contributed by atoms with Crippen LogP contribution in [0.25, 0.3) is 0 Å². The van der Waals surface area contributed by atoms with Gasteiger partial charge in [0.25, 0.3) is 5.91 Å². The van der Waals surface area contributed by atoms with E-state index >= 15 is 0 Å². The Bertz CT molecular complexity index is 727. The lowest BCUT2D eigenvalue weighted by atomic mass is 10.0. The second-order valence-electron chi connectivity index (χ2n) is 5.26. The van der Waals surface area contributed by atoms with Crippen molar-refractivity contribution < 1.29 is 14.7 Å². The fourth-order valence-electron chi connectivity index (χ4n) is 2.79. The number of carbonyl (C=O) groups is 2. The predicted molar refractivity (Wildman–Crippen MR) is 85.5 cm³/mol. The van der Waals surface area contributed by atoms with Crippen molar-refractivity contribution in [3.63, 3.8) is 0 Å². The Morgan fingerprint density at radius 2 is 1.86 bits per heavy atom. The van der Waals surface area contributed by atoms with E-state index in [-0.39, 0.29) is 12.3 Å². The lowest BCUT2D eigenvalue weighted by Crippen LogP contribution is -2.30. The first kappa shape index (κ1) is 14.8. The maximum atomic E-state index is 12.6. The van der Waals surface area contributed by atoms with E-state index < -0.39 is 12.0 Å². The van der Waals surface area contributed by atoms with Crippen LogP contribution in [0, 0.1) is 0 Å². The zero-order valence-corrected chi connectivity index (χ0v) is 13.3. The minimum absolute atomic E-state index is 0.107. The molecule has 0 spiro atoms. The number of benzene rings is 2. The molecule has 3 rings (SSSR count). The number of rotatable bonds is 4. The van der Waals surface area contributed by atoms with Crippen molar-refractivity contribution in [1.82, 2.24) is 4.90 Å². The topological polar surface area (TPSA) is 57.6 Å². The van der Waals surface area contributed by atoms with Gasteiger partial charge in [0.15, 0.2) is 0 Å². The van der Waals surface area contributed by atoms with Gasteiger partial charge in [-0.2, -0.15) is 0 Å². The van der Waals surface area contributed by atoms with Gasteiger partial charge in [-0.3, -0.25) is 9.59 Å². The lowest BCUT2D eigenvalue weighted by Gasteiger charge is -2.27. The predicted octanol–water partition coefficient (Wildman–Crippen LogP) is 3.62. The molecule has 1 heterocycles. The maximum Gasteiger partial charge on any atom is 0.305 e. The third-order valence-corrected chi connectivity index (χ3v) is 4.38. The van der Waals surface area contributed by atoms with Crippen LogP contribution in [0.3, 0.4) is 0 Å². The molecule has 112 valence electrons. The van der Waals surface area contributed by atoms with Crippen LogP contribution < -0.4 is 0 Å². The normalized spacial score (nSPS) is 14.8. The molecular formula is C17H14BrNO3. The van der Waals surface area contributed by atoms with E-state index in [0.29, 0.717) is 12.1 Å². The van der Waals surface area contributed by atoms with Crippen LogP contribution in [0.2, 0.25) is 0 Å². The van der Waals surface area contributed by atoms with E-state index in [2.05, 4.69) is 15.9 Å². The van der Waals surface area contributed by atoms with Crippen molar-refractivity contribution in [2.24, 2.45) is 0 Å². The monoisotopic (exact) mass is 359 g/mol. The molecule has 1 aliphatic heterocycles. The molecule has 2 aromatic rings. The molecule has 22 heavy (non-hydrogen) atoms. The first-order valence-corrected chi connectivity index (χ1v) is 7.71. The average Bonchev–Trinajstić information content (AvgIpc) is 2.83. The molecule has 5 heteroatoms. The SMILES string of the molecule is O=C(O)C[C@@H](c1ccc(Br)cc1)N1Cc2ccccc2C1=O. The molecule has 0 radical (unpaired) electrons. The van der Waals surface area contributed by atoms with E-state index in [9.17, 15) is 14.7 Å². The number of carbonyl (C=O) groups excluding carboxylic acids is 1. The molecule has 0 saturated carbocycles. The summed E-state index contributed by atoms with van der Waals surface area (Å²) in [5.41, 5.74) is 2.43. The molecule has 0 aliphatic carbocycles. The van der Waals surface area contributed by atoms with Crippen LogP contribution in [-0.4, -0.2) is 21.9 Å². The van der Waals surface area contributed by atoms with Gasteiger partial charge in [0.1, 0.15) is 0 Å². The van der Waals surface area contributed by atoms with E-state index in [1.807, 2.05) is 42.5 Å². The second kappa shape index (κ2) is 5.93. The van der Waals surface area contributed by atoms with Crippen LogP contribution in [0.15, 0.2) is 53.0 Å². The van der Waals surface area contributed by atoms with Gasteiger partial charge in [-0.05, 0) is 29.3 Å². The van der Waals surface area contributed by atoms with Gasteiger partial charge in [-0.1, -0.05) is 46.3 Å². The summed E-state index contributed by atoms with van der Waals surface area (Å²) < 4.78 is 0.918. The summed E-state index contributed by atoms with van der Waals surface area (Å²) in [4.78, 5) is 25.5. The quantitative estimate of drug-likeness (QED) is 0.906. The van der Waals surface area contributed by atoms with Crippen molar-refractivity contribution in [3.05, 3.63) is 69.7 Å². The van der Waals surface area contributed by atoms with Crippen molar-refractivity contribution >= 4 is 27.8 Å². The Labute approximate surface area is 136 Å². The minimum atomic E-state index is -0.920. The Balaban J connectivity index is 1.96. The van der Waals surface area contributed by atoms with Gasteiger partial charge in [0.05, 0.1) is 12.5 Å². The van der Waals surface area contributed by atoms with Crippen molar-refractivity contribution in [1.29, 1.82) is 0 Å². The van der Waals surface area contributed by atoms with Gasteiger partial charge in [-0.15, -0.1) is 0 Å². The molecule has 1 atom stereocenters. The second-order valence-corrected chi connectivity index (χ2v) is 6.17. The van der Waals surface area contributed by atoms with Crippen molar-refractivity contribution in [3.8, 4) is 0 Å². The molecule has 4 nitrogen and oxygen atoms in total. The Hall–Kier alpha value is -2.14. The molecule has 0 bridgehead atoms. The molecule has 1 N–H and O–H groups in total. The summed E-state index contributed by atoms with van der Waals surface area (Å²) >= 11 is 3.37. The highest BCUT2D eigenvalue weighted by molar-refractivity contribution is 9.10. The standard InChI is InChI=1S/C17H14BrNO3/c18-13-7-5-11(6-8-13)15(9-16(20)21)19-10-12-3-1-2-4-14(12)17(19)22/h1-8,15H,9-10H2,(H,20,21)/t15-/m0/s1. The summed E-state index contributed by atoms with van der Waals surface area (Å²) in [6.45, 7) is 0.447. The van der Waals surface area contributed by atoms with Gasteiger partial charge in [0.2, 0.25) is 0 Å². The van der Waals surface area contributed by atoms with Gasteiger partial charge < -0.3 is 10.0 Å².